The molecule has 0 aliphatic heterocycles. The highest BCUT2D eigenvalue weighted by Gasteiger charge is 2.33. The first-order chi connectivity index (χ1) is 8.81. The van der Waals surface area contributed by atoms with Crippen LogP contribution < -0.4 is 5.32 Å². The Hall–Kier alpha value is -1.83. The Kier molecular flexibility index (Phi) is 4.71. The van der Waals surface area contributed by atoms with Gasteiger partial charge in [0.2, 0.25) is 5.91 Å². The minimum absolute atomic E-state index is 0.0566. The van der Waals surface area contributed by atoms with Crippen LogP contribution in [0.15, 0.2) is 11.1 Å². The zero-order chi connectivity index (χ0) is 14.6. The topological polar surface area (TPSA) is 90.2 Å². The van der Waals surface area contributed by atoms with Crippen LogP contribution in [0.25, 0.3) is 0 Å². The third kappa shape index (κ3) is 3.34. The van der Waals surface area contributed by atoms with E-state index in [4.69, 9.17) is 5.11 Å². The van der Waals surface area contributed by atoms with Gasteiger partial charge in [-0.3, -0.25) is 4.79 Å². The van der Waals surface area contributed by atoms with Crippen molar-refractivity contribution >= 4 is 11.9 Å². The predicted molar refractivity (Wildman–Crippen MR) is 70.1 cm³/mol. The molecule has 5 nitrogen and oxygen atoms in total. The van der Waals surface area contributed by atoms with Crippen molar-refractivity contribution < 1.29 is 14.7 Å². The number of carboxylic acid groups (broad SMARTS) is 1. The van der Waals surface area contributed by atoms with Gasteiger partial charge in [0.05, 0.1) is 6.07 Å². The molecule has 1 unspecified atom stereocenters. The monoisotopic (exact) mass is 264 g/mol. The zero-order valence-corrected chi connectivity index (χ0v) is 11.6. The van der Waals surface area contributed by atoms with Gasteiger partial charge in [-0.25, -0.2) is 4.79 Å². The SMILES string of the molecule is CC(C)C(C)(C#N)NC(=O)C1=C(C(=O)O)CCCC1. The fraction of sp³-hybridized carbons (Fsp3) is 0.643. The summed E-state index contributed by atoms with van der Waals surface area (Å²) in [6.45, 7) is 5.34. The smallest absolute Gasteiger partial charge is 0.332 e. The van der Waals surface area contributed by atoms with Gasteiger partial charge in [0.15, 0.2) is 0 Å². The second-order valence-corrected chi connectivity index (χ2v) is 5.39. The molecule has 1 atom stereocenters. The second-order valence-electron chi connectivity index (χ2n) is 5.39. The highest BCUT2D eigenvalue weighted by atomic mass is 16.4. The van der Waals surface area contributed by atoms with E-state index < -0.39 is 17.4 Å². The molecule has 1 rings (SSSR count). The molecule has 5 heteroatoms. The minimum atomic E-state index is -1.03. The Morgan fingerprint density at radius 2 is 1.84 bits per heavy atom. The molecule has 1 aliphatic rings. The summed E-state index contributed by atoms with van der Waals surface area (Å²) in [5, 5.41) is 21.0. The van der Waals surface area contributed by atoms with Gasteiger partial charge in [-0.2, -0.15) is 5.26 Å². The Balaban J connectivity index is 3.00. The number of nitrogens with zero attached hydrogens (tertiary/aromatic N) is 1. The van der Waals surface area contributed by atoms with Gasteiger partial charge >= 0.3 is 5.97 Å². The predicted octanol–water partition coefficient (Wildman–Crippen LogP) is 2.00. The van der Waals surface area contributed by atoms with Crippen LogP contribution in [0.4, 0.5) is 0 Å². The fourth-order valence-corrected chi connectivity index (χ4v) is 2.00. The summed E-state index contributed by atoms with van der Waals surface area (Å²) in [7, 11) is 0. The first kappa shape index (κ1) is 15.2. The molecule has 0 bridgehead atoms. The maximum Gasteiger partial charge on any atom is 0.332 e. The molecule has 0 saturated heterocycles. The van der Waals surface area contributed by atoms with Crippen molar-refractivity contribution in [3.05, 3.63) is 11.1 Å². The highest BCUT2D eigenvalue weighted by Crippen LogP contribution is 2.26. The summed E-state index contributed by atoms with van der Waals surface area (Å²) >= 11 is 0. The van der Waals surface area contributed by atoms with Crippen molar-refractivity contribution in [1.82, 2.24) is 5.32 Å². The van der Waals surface area contributed by atoms with Crippen LogP contribution in [-0.2, 0) is 9.59 Å². The Bertz CT molecular complexity index is 460. The Morgan fingerprint density at radius 1 is 1.32 bits per heavy atom. The second kappa shape index (κ2) is 5.87. The molecule has 0 saturated carbocycles. The van der Waals surface area contributed by atoms with Crippen molar-refractivity contribution in [3.8, 4) is 6.07 Å². The molecular formula is C14H20N2O3. The molecule has 19 heavy (non-hydrogen) atoms. The molecule has 0 aromatic rings. The number of rotatable bonds is 4. The third-order valence-electron chi connectivity index (χ3n) is 3.76. The van der Waals surface area contributed by atoms with E-state index >= 15 is 0 Å². The number of amides is 1. The van der Waals surface area contributed by atoms with Crippen molar-refractivity contribution in [2.24, 2.45) is 5.92 Å². The van der Waals surface area contributed by atoms with E-state index in [0.29, 0.717) is 18.4 Å². The number of nitriles is 1. The fourth-order valence-electron chi connectivity index (χ4n) is 2.00. The summed E-state index contributed by atoms with van der Waals surface area (Å²) in [4.78, 5) is 23.3. The lowest BCUT2D eigenvalue weighted by atomic mass is 9.87. The first-order valence-electron chi connectivity index (χ1n) is 6.51. The number of carboxylic acids is 1. The van der Waals surface area contributed by atoms with Crippen molar-refractivity contribution in [2.75, 3.05) is 0 Å². The molecular weight excluding hydrogens is 244 g/mol. The summed E-state index contributed by atoms with van der Waals surface area (Å²) in [5.41, 5.74) is -0.473. The number of nitrogens with one attached hydrogen (secondary N) is 1. The molecule has 1 amide bonds. The summed E-state index contributed by atoms with van der Waals surface area (Å²) in [5.74, 6) is -1.51. The summed E-state index contributed by atoms with van der Waals surface area (Å²) in [6.07, 6.45) is 2.48. The van der Waals surface area contributed by atoms with Gasteiger partial charge < -0.3 is 10.4 Å². The zero-order valence-electron chi connectivity index (χ0n) is 11.6. The number of hydrogen-bond acceptors (Lipinski definition) is 3. The van der Waals surface area contributed by atoms with E-state index in [1.165, 1.54) is 0 Å². The number of hydrogen-bond donors (Lipinski definition) is 2. The molecule has 2 N–H and O–H groups in total. The maximum absolute atomic E-state index is 12.2. The van der Waals surface area contributed by atoms with Crippen molar-refractivity contribution in [1.29, 1.82) is 5.26 Å². The van der Waals surface area contributed by atoms with Gasteiger partial charge in [0.25, 0.3) is 0 Å². The van der Waals surface area contributed by atoms with Gasteiger partial charge in [-0.05, 0) is 38.5 Å². The molecule has 0 aromatic heterocycles. The van der Waals surface area contributed by atoms with E-state index in [0.717, 1.165) is 12.8 Å². The van der Waals surface area contributed by atoms with Crippen LogP contribution in [0.3, 0.4) is 0 Å². The van der Waals surface area contributed by atoms with Crippen molar-refractivity contribution in [3.63, 3.8) is 0 Å². The van der Waals surface area contributed by atoms with E-state index in [-0.39, 0.29) is 11.5 Å². The Morgan fingerprint density at radius 3 is 2.26 bits per heavy atom. The largest absolute Gasteiger partial charge is 0.478 e. The van der Waals surface area contributed by atoms with Crippen LogP contribution in [0, 0.1) is 17.2 Å². The quantitative estimate of drug-likeness (QED) is 0.812. The molecule has 0 spiro atoms. The van der Waals surface area contributed by atoms with E-state index in [1.54, 1.807) is 6.92 Å². The average molecular weight is 264 g/mol. The van der Waals surface area contributed by atoms with E-state index in [2.05, 4.69) is 11.4 Å². The minimum Gasteiger partial charge on any atom is -0.478 e. The molecule has 0 fully saturated rings. The lowest BCUT2D eigenvalue weighted by Gasteiger charge is -2.29. The van der Waals surface area contributed by atoms with E-state index in [9.17, 15) is 14.9 Å². The van der Waals surface area contributed by atoms with Gasteiger partial charge in [0, 0.05) is 11.1 Å². The Labute approximate surface area is 113 Å². The number of aliphatic carboxylic acids is 1. The number of carbonyl (C=O) groups excluding carboxylic acids is 1. The van der Waals surface area contributed by atoms with Crippen molar-refractivity contribution in [2.45, 2.75) is 52.0 Å². The van der Waals surface area contributed by atoms with Gasteiger partial charge in [0.1, 0.15) is 5.54 Å². The first-order valence-corrected chi connectivity index (χ1v) is 6.51. The van der Waals surface area contributed by atoms with Crippen LogP contribution in [0.1, 0.15) is 46.5 Å². The van der Waals surface area contributed by atoms with Crippen LogP contribution >= 0.6 is 0 Å². The van der Waals surface area contributed by atoms with Crippen LogP contribution in [0.5, 0.6) is 0 Å². The number of carbonyl (C=O) groups is 2. The molecule has 1 aliphatic carbocycles. The summed E-state index contributed by atoms with van der Waals surface area (Å²) in [6, 6.07) is 2.09. The molecule has 0 radical (unpaired) electrons. The lowest BCUT2D eigenvalue weighted by molar-refractivity contribution is -0.133. The molecule has 0 heterocycles. The maximum atomic E-state index is 12.2. The van der Waals surface area contributed by atoms with Crippen LogP contribution in [-0.4, -0.2) is 22.5 Å². The van der Waals surface area contributed by atoms with Gasteiger partial charge in [-0.1, -0.05) is 13.8 Å². The highest BCUT2D eigenvalue weighted by molar-refractivity contribution is 6.02. The molecule has 0 aromatic carbocycles. The van der Waals surface area contributed by atoms with E-state index in [1.807, 2.05) is 13.8 Å². The molecule has 104 valence electrons. The lowest BCUT2D eigenvalue weighted by Crippen LogP contribution is -2.49. The third-order valence-corrected chi connectivity index (χ3v) is 3.76. The average Bonchev–Trinajstić information content (AvgIpc) is 2.38. The van der Waals surface area contributed by atoms with Gasteiger partial charge in [-0.15, -0.1) is 0 Å². The summed E-state index contributed by atoms with van der Waals surface area (Å²) < 4.78 is 0. The normalized spacial score (nSPS) is 18.7. The standard InChI is InChI=1S/C14H20N2O3/c1-9(2)14(3,8-15)16-12(17)10-6-4-5-7-11(10)13(18)19/h9H,4-7H2,1-3H3,(H,16,17)(H,18,19). The van der Waals surface area contributed by atoms with Crippen LogP contribution in [0.2, 0.25) is 0 Å².